The van der Waals surface area contributed by atoms with Crippen molar-refractivity contribution in [1.82, 2.24) is 9.47 Å². The Hall–Kier alpha value is -3.20. The molecule has 3 heterocycles. The zero-order valence-corrected chi connectivity index (χ0v) is 17.3. The molecule has 1 aromatic heterocycles. The number of hydrogen-bond donors (Lipinski definition) is 2. The van der Waals surface area contributed by atoms with Crippen molar-refractivity contribution in [2.24, 2.45) is 5.92 Å². The minimum absolute atomic E-state index is 0.0393. The number of amides is 3. The lowest BCUT2D eigenvalue weighted by Crippen LogP contribution is -2.50. The van der Waals surface area contributed by atoms with E-state index in [1.807, 2.05) is 6.07 Å². The first-order valence-corrected chi connectivity index (χ1v) is 10.3. The van der Waals surface area contributed by atoms with Gasteiger partial charge in [-0.15, -0.1) is 0 Å². The number of hydrogen-bond acceptors (Lipinski definition) is 4. The highest BCUT2D eigenvalue weighted by atomic mass is 19.1. The van der Waals surface area contributed by atoms with E-state index in [0.29, 0.717) is 25.3 Å². The molecule has 2 aromatic rings. The molecule has 1 aromatic carbocycles. The lowest BCUT2D eigenvalue weighted by molar-refractivity contribution is -0.117. The van der Waals surface area contributed by atoms with Crippen LogP contribution in [0, 0.1) is 11.7 Å². The second-order valence-electron chi connectivity index (χ2n) is 8.02. The molecular formula is C22H25FN4O4. The van der Waals surface area contributed by atoms with Crippen molar-refractivity contribution in [1.29, 1.82) is 0 Å². The van der Waals surface area contributed by atoms with Gasteiger partial charge in [0.25, 0.3) is 5.56 Å². The Morgan fingerprint density at radius 2 is 1.87 bits per heavy atom. The number of piperidine rings is 1. The Labute approximate surface area is 179 Å². The van der Waals surface area contributed by atoms with E-state index in [1.54, 1.807) is 15.5 Å². The number of carbonyl (C=O) groups excluding carboxylic acids is 2. The maximum Gasteiger partial charge on any atom is 0.321 e. The van der Waals surface area contributed by atoms with Crippen LogP contribution in [0.2, 0.25) is 0 Å². The minimum Gasteiger partial charge on any atom is -0.384 e. The lowest BCUT2D eigenvalue weighted by atomic mass is 9.83. The standard InChI is InChI=1S/C22H25FN4O4/c1-31-9-8-20(28)25-18-6-7-19-15-10-14(12-27(19)21(18)29)11-26(13-15)22(30)24-17-4-2-16(23)3-5-17/h2-7,14-15H,8-13H2,1H3,(H,24,30)(H,25,28). The number of anilines is 2. The number of nitrogens with zero attached hydrogens (tertiary/aromatic N) is 2. The van der Waals surface area contributed by atoms with Crippen molar-refractivity contribution in [2.45, 2.75) is 25.3 Å². The first-order chi connectivity index (χ1) is 14.9. The van der Waals surface area contributed by atoms with Crippen LogP contribution in [0.3, 0.4) is 0 Å². The van der Waals surface area contributed by atoms with Crippen LogP contribution in [-0.4, -0.2) is 48.2 Å². The molecule has 2 atom stereocenters. The monoisotopic (exact) mass is 428 g/mol. The van der Waals surface area contributed by atoms with E-state index in [-0.39, 0.29) is 53.9 Å². The fourth-order valence-electron chi connectivity index (χ4n) is 4.35. The Bertz CT molecular complexity index is 1040. The number of benzene rings is 1. The first kappa shape index (κ1) is 21.0. The van der Waals surface area contributed by atoms with Gasteiger partial charge in [-0.25, -0.2) is 9.18 Å². The quantitative estimate of drug-likeness (QED) is 0.766. The lowest BCUT2D eigenvalue weighted by Gasteiger charge is -2.42. The predicted molar refractivity (Wildman–Crippen MR) is 114 cm³/mol. The molecule has 0 radical (unpaired) electrons. The van der Waals surface area contributed by atoms with Crippen LogP contribution in [-0.2, 0) is 16.1 Å². The van der Waals surface area contributed by atoms with Gasteiger partial charge < -0.3 is 24.8 Å². The van der Waals surface area contributed by atoms with Crippen LogP contribution in [0.5, 0.6) is 0 Å². The summed E-state index contributed by atoms with van der Waals surface area (Å²) in [5.41, 5.74) is 1.45. The van der Waals surface area contributed by atoms with Gasteiger partial charge >= 0.3 is 6.03 Å². The van der Waals surface area contributed by atoms with E-state index in [4.69, 9.17) is 4.74 Å². The van der Waals surface area contributed by atoms with Crippen molar-refractivity contribution in [3.8, 4) is 0 Å². The zero-order valence-electron chi connectivity index (χ0n) is 17.3. The molecule has 2 N–H and O–H groups in total. The molecule has 0 aliphatic carbocycles. The van der Waals surface area contributed by atoms with Crippen molar-refractivity contribution in [2.75, 3.05) is 37.4 Å². The van der Waals surface area contributed by atoms with Crippen molar-refractivity contribution >= 4 is 23.3 Å². The highest BCUT2D eigenvalue weighted by molar-refractivity contribution is 5.90. The molecule has 3 amide bonds. The summed E-state index contributed by atoms with van der Waals surface area (Å²) in [5, 5.41) is 5.47. The molecule has 2 unspecified atom stereocenters. The van der Waals surface area contributed by atoms with Gasteiger partial charge in [-0.1, -0.05) is 0 Å². The summed E-state index contributed by atoms with van der Waals surface area (Å²) in [6.07, 6.45) is 1.08. The molecular weight excluding hydrogens is 403 g/mol. The smallest absolute Gasteiger partial charge is 0.321 e. The average Bonchev–Trinajstić information content (AvgIpc) is 2.76. The molecule has 9 heteroatoms. The third-order valence-corrected chi connectivity index (χ3v) is 5.79. The number of ether oxygens (including phenoxy) is 1. The fourth-order valence-corrected chi connectivity index (χ4v) is 4.35. The molecule has 8 nitrogen and oxygen atoms in total. The van der Waals surface area contributed by atoms with Gasteiger partial charge in [0.1, 0.15) is 11.5 Å². The number of halogens is 1. The van der Waals surface area contributed by atoms with Crippen LogP contribution in [0.15, 0.2) is 41.2 Å². The van der Waals surface area contributed by atoms with Crippen molar-refractivity contribution in [3.63, 3.8) is 0 Å². The van der Waals surface area contributed by atoms with Gasteiger partial charge in [-0.2, -0.15) is 0 Å². The SMILES string of the molecule is COCCC(=O)Nc1ccc2n(c1=O)CC1CC2CN(C(=O)Nc2ccc(F)cc2)C1. The van der Waals surface area contributed by atoms with Gasteiger partial charge in [0, 0.05) is 44.0 Å². The fraction of sp³-hybridized carbons (Fsp3) is 0.409. The maximum atomic E-state index is 13.1. The molecule has 31 heavy (non-hydrogen) atoms. The number of rotatable bonds is 5. The van der Waals surface area contributed by atoms with Crippen LogP contribution >= 0.6 is 0 Å². The van der Waals surface area contributed by atoms with E-state index in [1.165, 1.54) is 31.4 Å². The number of likely N-dealkylation sites (tertiary alicyclic amines) is 1. The normalized spacial score (nSPS) is 19.5. The van der Waals surface area contributed by atoms with Gasteiger partial charge in [0.15, 0.2) is 0 Å². The predicted octanol–water partition coefficient (Wildman–Crippen LogP) is 2.61. The topological polar surface area (TPSA) is 92.7 Å². The summed E-state index contributed by atoms with van der Waals surface area (Å²) in [6, 6.07) is 8.90. The Kier molecular flexibility index (Phi) is 6.03. The Morgan fingerprint density at radius 3 is 2.61 bits per heavy atom. The molecule has 2 aliphatic heterocycles. The number of fused-ring (bicyclic) bond motifs is 4. The number of pyridine rings is 1. The second-order valence-corrected chi connectivity index (χ2v) is 8.02. The molecule has 0 saturated carbocycles. The number of carbonyl (C=O) groups is 2. The highest BCUT2D eigenvalue weighted by Crippen LogP contribution is 2.35. The van der Waals surface area contributed by atoms with Crippen LogP contribution in [0.1, 0.15) is 24.5 Å². The Morgan fingerprint density at radius 1 is 1.10 bits per heavy atom. The third-order valence-electron chi connectivity index (χ3n) is 5.79. The van der Waals surface area contributed by atoms with E-state index in [2.05, 4.69) is 10.6 Å². The number of nitrogens with one attached hydrogen (secondary N) is 2. The number of aromatic nitrogens is 1. The first-order valence-electron chi connectivity index (χ1n) is 10.3. The summed E-state index contributed by atoms with van der Waals surface area (Å²) in [4.78, 5) is 39.4. The molecule has 0 spiro atoms. The zero-order chi connectivity index (χ0) is 22.0. The summed E-state index contributed by atoms with van der Waals surface area (Å²) >= 11 is 0. The van der Waals surface area contributed by atoms with Crippen LogP contribution < -0.4 is 16.2 Å². The van der Waals surface area contributed by atoms with E-state index in [0.717, 1.165) is 12.1 Å². The molecule has 1 fully saturated rings. The van der Waals surface area contributed by atoms with Gasteiger partial charge in [0.2, 0.25) is 5.91 Å². The van der Waals surface area contributed by atoms with Crippen LogP contribution in [0.25, 0.3) is 0 Å². The van der Waals surface area contributed by atoms with Gasteiger partial charge in [-0.3, -0.25) is 9.59 Å². The van der Waals surface area contributed by atoms with Crippen LogP contribution in [0.4, 0.5) is 20.6 Å². The minimum atomic E-state index is -0.359. The number of methoxy groups -OCH3 is 1. The summed E-state index contributed by atoms with van der Waals surface area (Å²) in [6.45, 7) is 1.80. The Balaban J connectivity index is 1.47. The maximum absolute atomic E-state index is 13.1. The second kappa shape index (κ2) is 8.89. The van der Waals surface area contributed by atoms with Crippen molar-refractivity contribution in [3.05, 3.63) is 58.3 Å². The molecule has 4 rings (SSSR count). The summed E-state index contributed by atoms with van der Waals surface area (Å²) < 4.78 is 19.7. The van der Waals surface area contributed by atoms with E-state index < -0.39 is 0 Å². The molecule has 2 aliphatic rings. The largest absolute Gasteiger partial charge is 0.384 e. The molecule has 1 saturated heterocycles. The summed E-state index contributed by atoms with van der Waals surface area (Å²) in [7, 11) is 1.52. The molecule has 164 valence electrons. The summed E-state index contributed by atoms with van der Waals surface area (Å²) in [5.74, 6) is -0.444. The van der Waals surface area contributed by atoms with E-state index >= 15 is 0 Å². The third kappa shape index (κ3) is 4.61. The van der Waals surface area contributed by atoms with E-state index in [9.17, 15) is 18.8 Å². The average molecular weight is 428 g/mol. The van der Waals surface area contributed by atoms with Gasteiger partial charge in [-0.05, 0) is 48.7 Å². The highest BCUT2D eigenvalue weighted by Gasteiger charge is 2.36. The molecule has 2 bridgehead atoms. The number of urea groups is 1. The van der Waals surface area contributed by atoms with Gasteiger partial charge in [0.05, 0.1) is 13.0 Å². The van der Waals surface area contributed by atoms with Crippen molar-refractivity contribution < 1.29 is 18.7 Å².